The maximum absolute atomic E-state index is 12.6. The van der Waals surface area contributed by atoms with Gasteiger partial charge in [0.1, 0.15) is 11.6 Å². The SMILES string of the molecule is CCC(C)n1c(O)c(C=Nc2ccc(N=Nc3ccccc3)cc2)c(C)c(C#N)c1=O. The van der Waals surface area contributed by atoms with Crippen LogP contribution in [-0.4, -0.2) is 15.9 Å². The lowest BCUT2D eigenvalue weighted by Crippen LogP contribution is -2.27. The summed E-state index contributed by atoms with van der Waals surface area (Å²) in [5.41, 5.74) is 2.36. The minimum Gasteiger partial charge on any atom is -0.494 e. The number of rotatable bonds is 6. The second-order valence-corrected chi connectivity index (χ2v) is 7.09. The molecule has 0 aliphatic rings. The predicted octanol–water partition coefficient (Wildman–Crippen LogP) is 5.87. The number of hydrogen-bond donors (Lipinski definition) is 1. The van der Waals surface area contributed by atoms with E-state index in [0.29, 0.717) is 28.9 Å². The molecule has 3 aromatic rings. The van der Waals surface area contributed by atoms with E-state index in [-0.39, 0.29) is 17.5 Å². The summed E-state index contributed by atoms with van der Waals surface area (Å²) >= 11 is 0. The predicted molar refractivity (Wildman–Crippen MR) is 121 cm³/mol. The van der Waals surface area contributed by atoms with E-state index in [2.05, 4.69) is 15.2 Å². The van der Waals surface area contributed by atoms with Crippen LogP contribution in [0.4, 0.5) is 17.1 Å². The van der Waals surface area contributed by atoms with E-state index in [1.165, 1.54) is 10.8 Å². The van der Waals surface area contributed by atoms with Crippen molar-refractivity contribution in [1.29, 1.82) is 5.26 Å². The van der Waals surface area contributed by atoms with E-state index in [1.807, 2.05) is 50.2 Å². The molecule has 31 heavy (non-hydrogen) atoms. The lowest BCUT2D eigenvalue weighted by Gasteiger charge is -2.18. The molecule has 2 aromatic carbocycles. The van der Waals surface area contributed by atoms with E-state index < -0.39 is 5.56 Å². The fourth-order valence-corrected chi connectivity index (χ4v) is 3.04. The molecule has 0 amide bonds. The van der Waals surface area contributed by atoms with Crippen LogP contribution < -0.4 is 5.56 Å². The molecule has 3 rings (SSSR count). The van der Waals surface area contributed by atoms with E-state index >= 15 is 0 Å². The van der Waals surface area contributed by atoms with Crippen LogP contribution in [0.25, 0.3) is 0 Å². The maximum atomic E-state index is 12.6. The first kappa shape index (κ1) is 21.7. The largest absolute Gasteiger partial charge is 0.494 e. The van der Waals surface area contributed by atoms with Gasteiger partial charge in [-0.25, -0.2) is 0 Å². The second kappa shape index (κ2) is 9.63. The van der Waals surface area contributed by atoms with Crippen LogP contribution in [0.2, 0.25) is 0 Å². The Kier molecular flexibility index (Phi) is 6.73. The molecule has 1 N–H and O–H groups in total. The molecule has 1 atom stereocenters. The van der Waals surface area contributed by atoms with Crippen molar-refractivity contribution in [1.82, 2.24) is 4.57 Å². The molecular formula is C24H23N5O2. The molecule has 1 aromatic heterocycles. The van der Waals surface area contributed by atoms with Crippen molar-refractivity contribution in [2.24, 2.45) is 15.2 Å². The number of pyridine rings is 1. The van der Waals surface area contributed by atoms with Crippen LogP contribution in [0.15, 0.2) is 74.6 Å². The van der Waals surface area contributed by atoms with Gasteiger partial charge in [0.15, 0.2) is 0 Å². The van der Waals surface area contributed by atoms with Crippen molar-refractivity contribution < 1.29 is 5.11 Å². The highest BCUT2D eigenvalue weighted by Crippen LogP contribution is 2.26. The summed E-state index contributed by atoms with van der Waals surface area (Å²) in [4.78, 5) is 17.0. The van der Waals surface area contributed by atoms with Crippen molar-refractivity contribution >= 4 is 23.3 Å². The van der Waals surface area contributed by atoms with Gasteiger partial charge in [0.05, 0.1) is 22.6 Å². The molecule has 0 bridgehead atoms. The Morgan fingerprint density at radius 2 is 1.65 bits per heavy atom. The van der Waals surface area contributed by atoms with E-state index in [1.54, 1.807) is 31.2 Å². The van der Waals surface area contributed by atoms with Crippen LogP contribution in [-0.2, 0) is 0 Å². The topological polar surface area (TPSA) is 103 Å². The third-order valence-electron chi connectivity index (χ3n) is 5.05. The summed E-state index contributed by atoms with van der Waals surface area (Å²) in [7, 11) is 0. The fourth-order valence-electron chi connectivity index (χ4n) is 3.04. The molecule has 0 fully saturated rings. The van der Waals surface area contributed by atoms with Gasteiger partial charge in [0.2, 0.25) is 5.88 Å². The van der Waals surface area contributed by atoms with Gasteiger partial charge < -0.3 is 5.11 Å². The Balaban J connectivity index is 1.90. The highest BCUT2D eigenvalue weighted by molar-refractivity contribution is 5.87. The Hall–Kier alpha value is -4.05. The van der Waals surface area contributed by atoms with E-state index in [4.69, 9.17) is 0 Å². The first-order valence-corrected chi connectivity index (χ1v) is 9.95. The third-order valence-corrected chi connectivity index (χ3v) is 5.05. The molecule has 0 spiro atoms. The zero-order valence-corrected chi connectivity index (χ0v) is 17.6. The first-order valence-electron chi connectivity index (χ1n) is 9.95. The van der Waals surface area contributed by atoms with Gasteiger partial charge in [-0.05, 0) is 62.2 Å². The van der Waals surface area contributed by atoms with Gasteiger partial charge in [-0.3, -0.25) is 14.4 Å². The van der Waals surface area contributed by atoms with Gasteiger partial charge >= 0.3 is 0 Å². The standard InChI is InChI=1S/C24H23N5O2/c1-4-16(2)29-23(30)21(14-25)17(3)22(24(29)31)15-26-18-10-12-20(13-11-18)28-27-19-8-6-5-7-9-19/h5-13,15-16,31H,4H2,1-3H3. The van der Waals surface area contributed by atoms with Crippen LogP contribution in [0.1, 0.15) is 43.0 Å². The van der Waals surface area contributed by atoms with Crippen LogP contribution in [0.3, 0.4) is 0 Å². The number of aliphatic imine (C=N–C) groups is 1. The maximum Gasteiger partial charge on any atom is 0.271 e. The number of aromatic nitrogens is 1. The Morgan fingerprint density at radius 1 is 1.06 bits per heavy atom. The molecule has 156 valence electrons. The molecule has 0 saturated carbocycles. The molecule has 1 unspecified atom stereocenters. The third kappa shape index (κ3) is 4.75. The summed E-state index contributed by atoms with van der Waals surface area (Å²) in [5.74, 6) is -0.187. The molecule has 0 saturated heterocycles. The normalized spacial score (nSPS) is 12.3. The van der Waals surface area contributed by atoms with E-state index in [9.17, 15) is 15.2 Å². The van der Waals surface area contributed by atoms with Crippen LogP contribution >= 0.6 is 0 Å². The van der Waals surface area contributed by atoms with Crippen molar-refractivity contribution in [2.75, 3.05) is 0 Å². The van der Waals surface area contributed by atoms with Crippen LogP contribution in [0, 0.1) is 18.3 Å². The average Bonchev–Trinajstić information content (AvgIpc) is 2.79. The Labute approximate surface area is 180 Å². The minimum atomic E-state index is -0.489. The minimum absolute atomic E-state index is 0.0104. The Bertz CT molecular complexity index is 1220. The smallest absolute Gasteiger partial charge is 0.271 e. The van der Waals surface area contributed by atoms with E-state index in [0.717, 1.165) is 5.69 Å². The number of nitriles is 1. The number of aromatic hydroxyl groups is 1. The Morgan fingerprint density at radius 3 is 2.23 bits per heavy atom. The summed E-state index contributed by atoms with van der Waals surface area (Å²) in [6.45, 7) is 5.36. The van der Waals surface area contributed by atoms with Crippen molar-refractivity contribution in [3.63, 3.8) is 0 Å². The molecule has 0 radical (unpaired) electrons. The number of hydrogen-bond acceptors (Lipinski definition) is 6. The zero-order valence-electron chi connectivity index (χ0n) is 17.6. The van der Waals surface area contributed by atoms with Gasteiger partial charge in [0, 0.05) is 12.3 Å². The summed E-state index contributed by atoms with van der Waals surface area (Å²) in [5, 5.41) is 28.5. The summed E-state index contributed by atoms with van der Waals surface area (Å²) in [6.07, 6.45) is 2.11. The molecule has 7 nitrogen and oxygen atoms in total. The highest BCUT2D eigenvalue weighted by atomic mass is 16.3. The molecule has 1 heterocycles. The number of azo groups is 1. The molecule has 0 aliphatic carbocycles. The fraction of sp³-hybridized carbons (Fsp3) is 0.208. The van der Waals surface area contributed by atoms with Crippen molar-refractivity contribution in [2.45, 2.75) is 33.2 Å². The second-order valence-electron chi connectivity index (χ2n) is 7.09. The quantitative estimate of drug-likeness (QED) is 0.403. The average molecular weight is 413 g/mol. The molecule has 7 heteroatoms. The lowest BCUT2D eigenvalue weighted by molar-refractivity contribution is 0.372. The first-order chi connectivity index (χ1) is 15.0. The van der Waals surface area contributed by atoms with Gasteiger partial charge in [0.25, 0.3) is 5.56 Å². The van der Waals surface area contributed by atoms with Gasteiger partial charge in [-0.15, -0.1) is 0 Å². The highest BCUT2D eigenvalue weighted by Gasteiger charge is 2.20. The van der Waals surface area contributed by atoms with Crippen molar-refractivity contribution in [3.8, 4) is 11.9 Å². The van der Waals surface area contributed by atoms with Gasteiger partial charge in [-0.1, -0.05) is 25.1 Å². The number of nitrogens with zero attached hydrogens (tertiary/aromatic N) is 5. The lowest BCUT2D eigenvalue weighted by atomic mass is 10.0. The molecule has 0 aliphatic heterocycles. The summed E-state index contributed by atoms with van der Waals surface area (Å²) < 4.78 is 1.25. The van der Waals surface area contributed by atoms with Crippen molar-refractivity contribution in [3.05, 3.63) is 81.6 Å². The summed E-state index contributed by atoms with van der Waals surface area (Å²) in [6, 6.07) is 18.3. The van der Waals surface area contributed by atoms with Crippen LogP contribution in [0.5, 0.6) is 5.88 Å². The molecular weight excluding hydrogens is 390 g/mol. The monoisotopic (exact) mass is 413 g/mol. The zero-order chi connectivity index (χ0) is 22.4. The van der Waals surface area contributed by atoms with Gasteiger partial charge in [-0.2, -0.15) is 15.5 Å². The number of benzene rings is 2.